The molecule has 0 amide bonds. The number of nitrogens with zero attached hydrogens (tertiary/aromatic N) is 2. The molecule has 0 aliphatic carbocycles. The Kier molecular flexibility index (Phi) is 5.48. The van der Waals surface area contributed by atoms with Gasteiger partial charge in [-0.3, -0.25) is 4.68 Å². The SMILES string of the molecule is CCC(C)n1ccc(CC(CCl)CCl)n1. The van der Waals surface area contributed by atoms with Gasteiger partial charge in [0, 0.05) is 24.0 Å². The quantitative estimate of drug-likeness (QED) is 0.705. The van der Waals surface area contributed by atoms with Crippen molar-refractivity contribution in [1.29, 1.82) is 0 Å². The molecule has 0 fully saturated rings. The zero-order valence-electron chi connectivity index (χ0n) is 9.29. The third kappa shape index (κ3) is 3.69. The van der Waals surface area contributed by atoms with E-state index in [4.69, 9.17) is 23.2 Å². The molecule has 0 saturated heterocycles. The van der Waals surface area contributed by atoms with Gasteiger partial charge in [0.1, 0.15) is 0 Å². The largest absolute Gasteiger partial charge is 0.270 e. The average molecular weight is 249 g/mol. The molecular formula is C11H18Cl2N2. The maximum absolute atomic E-state index is 5.80. The highest BCUT2D eigenvalue weighted by molar-refractivity contribution is 6.20. The smallest absolute Gasteiger partial charge is 0.0628 e. The third-order valence-electron chi connectivity index (χ3n) is 2.64. The summed E-state index contributed by atoms with van der Waals surface area (Å²) < 4.78 is 2.01. The van der Waals surface area contributed by atoms with Gasteiger partial charge >= 0.3 is 0 Å². The minimum Gasteiger partial charge on any atom is -0.270 e. The summed E-state index contributed by atoms with van der Waals surface area (Å²) in [5, 5.41) is 4.52. The Balaban J connectivity index is 2.59. The molecule has 15 heavy (non-hydrogen) atoms. The first-order valence-electron chi connectivity index (χ1n) is 5.37. The molecule has 1 heterocycles. The first kappa shape index (κ1) is 12.9. The van der Waals surface area contributed by atoms with E-state index in [1.54, 1.807) is 0 Å². The third-order valence-corrected chi connectivity index (χ3v) is 3.51. The van der Waals surface area contributed by atoms with Crippen LogP contribution in [0.25, 0.3) is 0 Å². The molecule has 0 radical (unpaired) electrons. The first-order valence-corrected chi connectivity index (χ1v) is 6.44. The maximum Gasteiger partial charge on any atom is 0.0628 e. The predicted molar refractivity (Wildman–Crippen MR) is 65.9 cm³/mol. The normalized spacial score (nSPS) is 13.4. The number of aromatic nitrogens is 2. The fourth-order valence-electron chi connectivity index (χ4n) is 1.36. The number of hydrogen-bond acceptors (Lipinski definition) is 1. The summed E-state index contributed by atoms with van der Waals surface area (Å²) in [4.78, 5) is 0. The van der Waals surface area contributed by atoms with Gasteiger partial charge in [-0.2, -0.15) is 5.10 Å². The van der Waals surface area contributed by atoms with Crippen LogP contribution in [-0.4, -0.2) is 21.5 Å². The molecule has 0 aromatic carbocycles. The Bertz CT molecular complexity index is 282. The summed E-state index contributed by atoms with van der Waals surface area (Å²) in [6.07, 6.45) is 4.00. The molecule has 0 bridgehead atoms. The molecule has 0 saturated carbocycles. The molecule has 2 nitrogen and oxygen atoms in total. The van der Waals surface area contributed by atoms with Crippen molar-refractivity contribution >= 4 is 23.2 Å². The molecule has 0 N–H and O–H groups in total. The van der Waals surface area contributed by atoms with Gasteiger partial charge in [0.05, 0.1) is 5.69 Å². The molecule has 86 valence electrons. The second-order valence-electron chi connectivity index (χ2n) is 3.92. The van der Waals surface area contributed by atoms with Crippen molar-refractivity contribution in [2.75, 3.05) is 11.8 Å². The van der Waals surface area contributed by atoms with Crippen LogP contribution >= 0.6 is 23.2 Å². The van der Waals surface area contributed by atoms with Crippen LogP contribution < -0.4 is 0 Å². The Labute approximate surface area is 102 Å². The van der Waals surface area contributed by atoms with E-state index in [1.807, 2.05) is 10.9 Å². The molecule has 0 spiro atoms. The predicted octanol–water partition coefficient (Wildman–Crippen LogP) is 3.49. The number of rotatable bonds is 6. The van der Waals surface area contributed by atoms with Crippen LogP contribution in [-0.2, 0) is 6.42 Å². The number of alkyl halides is 2. The van der Waals surface area contributed by atoms with E-state index >= 15 is 0 Å². The molecular weight excluding hydrogens is 231 g/mol. The van der Waals surface area contributed by atoms with Crippen LogP contribution in [0.15, 0.2) is 12.3 Å². The van der Waals surface area contributed by atoms with E-state index in [0.717, 1.165) is 18.5 Å². The van der Waals surface area contributed by atoms with Crippen LogP contribution in [0.2, 0.25) is 0 Å². The van der Waals surface area contributed by atoms with Gasteiger partial charge in [0.2, 0.25) is 0 Å². The lowest BCUT2D eigenvalue weighted by Crippen LogP contribution is -2.10. The summed E-state index contributed by atoms with van der Waals surface area (Å²) in [5.41, 5.74) is 1.08. The summed E-state index contributed by atoms with van der Waals surface area (Å²) in [6, 6.07) is 2.52. The van der Waals surface area contributed by atoms with Gasteiger partial charge in [-0.15, -0.1) is 23.2 Å². The molecule has 1 rings (SSSR count). The lowest BCUT2D eigenvalue weighted by Gasteiger charge is -2.09. The Hall–Kier alpha value is -0.210. The molecule has 1 unspecified atom stereocenters. The molecule has 0 aliphatic rings. The maximum atomic E-state index is 5.80. The van der Waals surface area contributed by atoms with Crippen molar-refractivity contribution in [3.63, 3.8) is 0 Å². The molecule has 1 atom stereocenters. The van der Waals surface area contributed by atoms with E-state index in [2.05, 4.69) is 25.0 Å². The van der Waals surface area contributed by atoms with Crippen molar-refractivity contribution in [2.24, 2.45) is 5.92 Å². The first-order chi connectivity index (χ1) is 7.21. The van der Waals surface area contributed by atoms with E-state index in [0.29, 0.717) is 23.7 Å². The fraction of sp³-hybridized carbons (Fsp3) is 0.727. The lowest BCUT2D eigenvalue weighted by molar-refractivity contribution is 0.470. The molecule has 1 aromatic heterocycles. The van der Waals surface area contributed by atoms with Gasteiger partial charge < -0.3 is 0 Å². The van der Waals surface area contributed by atoms with Crippen LogP contribution in [0.4, 0.5) is 0 Å². The van der Waals surface area contributed by atoms with Crippen LogP contribution in [0.5, 0.6) is 0 Å². The zero-order chi connectivity index (χ0) is 11.3. The highest BCUT2D eigenvalue weighted by atomic mass is 35.5. The Morgan fingerprint density at radius 3 is 2.60 bits per heavy atom. The van der Waals surface area contributed by atoms with E-state index in [1.165, 1.54) is 0 Å². The van der Waals surface area contributed by atoms with Gasteiger partial charge in [-0.1, -0.05) is 6.92 Å². The highest BCUT2D eigenvalue weighted by Gasteiger charge is 2.10. The van der Waals surface area contributed by atoms with Crippen molar-refractivity contribution in [2.45, 2.75) is 32.7 Å². The van der Waals surface area contributed by atoms with E-state index in [9.17, 15) is 0 Å². The van der Waals surface area contributed by atoms with Gasteiger partial charge in [-0.25, -0.2) is 0 Å². The van der Waals surface area contributed by atoms with Crippen LogP contribution in [0.1, 0.15) is 32.0 Å². The summed E-state index contributed by atoms with van der Waals surface area (Å²) in [7, 11) is 0. The van der Waals surface area contributed by atoms with Crippen LogP contribution in [0.3, 0.4) is 0 Å². The van der Waals surface area contributed by atoms with Crippen molar-refractivity contribution < 1.29 is 0 Å². The molecule has 1 aromatic rings. The van der Waals surface area contributed by atoms with Crippen molar-refractivity contribution in [3.05, 3.63) is 18.0 Å². The minimum atomic E-state index is 0.327. The second kappa shape index (κ2) is 6.39. The minimum absolute atomic E-state index is 0.327. The van der Waals surface area contributed by atoms with Crippen molar-refractivity contribution in [3.8, 4) is 0 Å². The van der Waals surface area contributed by atoms with Gasteiger partial charge in [-0.05, 0) is 31.7 Å². The number of hydrogen-bond donors (Lipinski definition) is 0. The second-order valence-corrected chi connectivity index (χ2v) is 4.54. The average Bonchev–Trinajstić information content (AvgIpc) is 2.73. The monoisotopic (exact) mass is 248 g/mol. The fourth-order valence-corrected chi connectivity index (χ4v) is 1.91. The topological polar surface area (TPSA) is 17.8 Å². The van der Waals surface area contributed by atoms with E-state index in [-0.39, 0.29) is 0 Å². The van der Waals surface area contributed by atoms with Gasteiger partial charge in [0.25, 0.3) is 0 Å². The molecule has 0 aliphatic heterocycles. The summed E-state index contributed by atoms with van der Waals surface area (Å²) >= 11 is 11.6. The summed E-state index contributed by atoms with van der Waals surface area (Å²) in [6.45, 7) is 4.32. The highest BCUT2D eigenvalue weighted by Crippen LogP contribution is 2.13. The standard InChI is InChI=1S/C11H18Cl2N2/c1-3-9(2)15-5-4-11(14-15)6-10(7-12)8-13/h4-5,9-10H,3,6-8H2,1-2H3. The molecule has 4 heteroatoms. The zero-order valence-corrected chi connectivity index (χ0v) is 10.8. The Morgan fingerprint density at radius 2 is 2.07 bits per heavy atom. The van der Waals surface area contributed by atoms with Crippen molar-refractivity contribution in [1.82, 2.24) is 9.78 Å². The summed E-state index contributed by atoms with van der Waals surface area (Å²) in [5.74, 6) is 1.52. The van der Waals surface area contributed by atoms with Gasteiger partial charge in [0.15, 0.2) is 0 Å². The Morgan fingerprint density at radius 1 is 1.40 bits per heavy atom. The van der Waals surface area contributed by atoms with E-state index < -0.39 is 0 Å². The number of halogens is 2. The van der Waals surface area contributed by atoms with Crippen LogP contribution in [0, 0.1) is 5.92 Å². The lowest BCUT2D eigenvalue weighted by atomic mass is 10.1.